The number of aromatic nitrogens is 1. The van der Waals surface area contributed by atoms with E-state index in [-0.39, 0.29) is 28.7 Å². The lowest BCUT2D eigenvalue weighted by Crippen LogP contribution is -2.41. The molecule has 0 radical (unpaired) electrons. The number of rotatable bonds is 4. The van der Waals surface area contributed by atoms with Gasteiger partial charge in [-0.05, 0) is 20.3 Å². The maximum Gasteiger partial charge on any atom is 0.235 e. The van der Waals surface area contributed by atoms with Gasteiger partial charge in [-0.1, -0.05) is 11.8 Å². The number of carbonyl (C=O) groups is 1. The van der Waals surface area contributed by atoms with Crippen LogP contribution < -0.4 is 0 Å². The Labute approximate surface area is 127 Å². The number of carbonyl (C=O) groups excluding carboxylic acids is 1. The third kappa shape index (κ3) is 3.73. The molecule has 2 rings (SSSR count). The average molecular weight is 334 g/mol. The summed E-state index contributed by atoms with van der Waals surface area (Å²) in [6, 6.07) is -0.186. The van der Waals surface area contributed by atoms with Crippen molar-refractivity contribution in [2.45, 2.75) is 35.9 Å². The van der Waals surface area contributed by atoms with Gasteiger partial charge in [-0.25, -0.2) is 13.4 Å². The largest absolute Gasteiger partial charge is 0.341 e. The fourth-order valence-electron chi connectivity index (χ4n) is 2.14. The first-order valence-electron chi connectivity index (χ1n) is 6.34. The van der Waals surface area contributed by atoms with Crippen LogP contribution in [-0.2, 0) is 14.6 Å². The summed E-state index contributed by atoms with van der Waals surface area (Å²) >= 11 is 2.95. The zero-order chi connectivity index (χ0) is 14.9. The van der Waals surface area contributed by atoms with Gasteiger partial charge in [-0.2, -0.15) is 0 Å². The van der Waals surface area contributed by atoms with Crippen molar-refractivity contribution in [3.63, 3.8) is 0 Å². The summed E-state index contributed by atoms with van der Waals surface area (Å²) in [7, 11) is -1.27. The summed E-state index contributed by atoms with van der Waals surface area (Å²) in [5, 5.41) is 1.70. The van der Waals surface area contributed by atoms with Crippen molar-refractivity contribution in [1.82, 2.24) is 9.88 Å². The van der Waals surface area contributed by atoms with Gasteiger partial charge in [0.05, 0.1) is 16.8 Å². The van der Waals surface area contributed by atoms with E-state index < -0.39 is 9.84 Å². The summed E-state index contributed by atoms with van der Waals surface area (Å²) < 4.78 is 23.8. The molecule has 20 heavy (non-hydrogen) atoms. The van der Waals surface area contributed by atoms with Crippen LogP contribution in [0.25, 0.3) is 0 Å². The second kappa shape index (κ2) is 6.03. The van der Waals surface area contributed by atoms with Crippen LogP contribution in [0, 0.1) is 6.92 Å². The Hall–Kier alpha value is -0.600. The Morgan fingerprint density at radius 2 is 2.30 bits per heavy atom. The predicted molar refractivity (Wildman–Crippen MR) is 82.0 cm³/mol. The third-order valence-electron chi connectivity index (χ3n) is 3.33. The van der Waals surface area contributed by atoms with Crippen LogP contribution in [0.15, 0.2) is 9.72 Å². The van der Waals surface area contributed by atoms with Crippen LogP contribution >= 0.6 is 23.1 Å². The van der Waals surface area contributed by atoms with Crippen LogP contribution in [0.1, 0.15) is 19.0 Å². The van der Waals surface area contributed by atoms with Crippen LogP contribution in [0.3, 0.4) is 0 Å². The van der Waals surface area contributed by atoms with Crippen LogP contribution in [0.2, 0.25) is 0 Å². The molecule has 0 saturated carbocycles. The lowest BCUT2D eigenvalue weighted by molar-refractivity contribution is -0.130. The molecule has 1 saturated heterocycles. The molecule has 1 amide bonds. The fraction of sp³-hybridized carbons (Fsp3) is 0.667. The molecule has 2 heterocycles. The molecule has 1 aliphatic rings. The first kappa shape index (κ1) is 15.8. The molecule has 1 aromatic rings. The molecule has 0 N–H and O–H groups in total. The van der Waals surface area contributed by atoms with E-state index in [1.54, 1.807) is 11.9 Å². The molecule has 8 heteroatoms. The standard InChI is InChI=1S/C12H18N2O3S3/c1-8-6-18-12(13-8)19-9(2)11(15)14(3)10-4-5-20(16,17)7-10/h6,9-10H,4-5,7H2,1-3H3/t9-,10-/m0/s1. The monoisotopic (exact) mass is 334 g/mol. The maximum absolute atomic E-state index is 12.3. The van der Waals surface area contributed by atoms with Gasteiger partial charge in [0, 0.05) is 24.2 Å². The van der Waals surface area contributed by atoms with Crippen molar-refractivity contribution >= 4 is 38.8 Å². The van der Waals surface area contributed by atoms with E-state index in [0.29, 0.717) is 6.42 Å². The molecule has 1 aliphatic heterocycles. The molecular weight excluding hydrogens is 316 g/mol. The number of hydrogen-bond acceptors (Lipinski definition) is 6. The highest BCUT2D eigenvalue weighted by molar-refractivity contribution is 8.02. The van der Waals surface area contributed by atoms with Crippen LogP contribution in [0.5, 0.6) is 0 Å². The van der Waals surface area contributed by atoms with Crippen molar-refractivity contribution < 1.29 is 13.2 Å². The highest BCUT2D eigenvalue weighted by atomic mass is 32.2. The molecule has 0 unspecified atom stereocenters. The number of thiazole rings is 1. The SMILES string of the molecule is Cc1csc(S[C@@H](C)C(=O)N(C)[C@H]2CCS(=O)(=O)C2)n1. The number of hydrogen-bond donors (Lipinski definition) is 0. The van der Waals surface area contributed by atoms with E-state index in [9.17, 15) is 13.2 Å². The molecule has 0 spiro atoms. The molecule has 112 valence electrons. The Morgan fingerprint density at radius 1 is 1.60 bits per heavy atom. The molecule has 1 aromatic heterocycles. The Bertz CT molecular complexity index is 597. The highest BCUT2D eigenvalue weighted by Crippen LogP contribution is 2.28. The van der Waals surface area contributed by atoms with Gasteiger partial charge in [-0.15, -0.1) is 11.3 Å². The first-order chi connectivity index (χ1) is 9.28. The van der Waals surface area contributed by atoms with Gasteiger partial charge in [0.15, 0.2) is 14.2 Å². The van der Waals surface area contributed by atoms with E-state index in [0.717, 1.165) is 10.0 Å². The zero-order valence-electron chi connectivity index (χ0n) is 11.7. The second-order valence-electron chi connectivity index (χ2n) is 5.02. The average Bonchev–Trinajstić information content (AvgIpc) is 2.93. The normalized spacial score (nSPS) is 22.6. The van der Waals surface area contributed by atoms with Gasteiger partial charge in [0.2, 0.25) is 5.91 Å². The first-order valence-corrected chi connectivity index (χ1v) is 9.92. The van der Waals surface area contributed by atoms with E-state index in [1.807, 2.05) is 19.2 Å². The Morgan fingerprint density at radius 3 is 2.80 bits per heavy atom. The minimum absolute atomic E-state index is 0.0371. The molecule has 0 aromatic carbocycles. The fourth-order valence-corrected chi connectivity index (χ4v) is 6.00. The molecule has 2 atom stereocenters. The summed E-state index contributed by atoms with van der Waals surface area (Å²) in [5.41, 5.74) is 0.951. The third-order valence-corrected chi connectivity index (χ3v) is 7.25. The van der Waals surface area contributed by atoms with Crippen molar-refractivity contribution in [1.29, 1.82) is 0 Å². The smallest absolute Gasteiger partial charge is 0.235 e. The number of aryl methyl sites for hydroxylation is 1. The lowest BCUT2D eigenvalue weighted by atomic mass is 10.2. The molecule has 0 bridgehead atoms. The number of nitrogens with zero attached hydrogens (tertiary/aromatic N) is 2. The van der Waals surface area contributed by atoms with Gasteiger partial charge >= 0.3 is 0 Å². The predicted octanol–water partition coefficient (Wildman–Crippen LogP) is 1.58. The van der Waals surface area contributed by atoms with Gasteiger partial charge < -0.3 is 4.90 Å². The number of thioether (sulfide) groups is 1. The van der Waals surface area contributed by atoms with E-state index in [4.69, 9.17) is 0 Å². The van der Waals surface area contributed by atoms with Crippen molar-refractivity contribution in [2.75, 3.05) is 18.6 Å². The molecule has 0 aliphatic carbocycles. The van der Waals surface area contributed by atoms with Crippen LogP contribution in [-0.4, -0.2) is 54.1 Å². The van der Waals surface area contributed by atoms with Gasteiger partial charge in [0.1, 0.15) is 0 Å². The molecular formula is C12H18N2O3S3. The Kier molecular flexibility index (Phi) is 4.76. The minimum Gasteiger partial charge on any atom is -0.341 e. The molecule has 1 fully saturated rings. The van der Waals surface area contributed by atoms with E-state index in [1.165, 1.54) is 23.1 Å². The number of amides is 1. The summed E-state index contributed by atoms with van der Waals surface area (Å²) in [6.45, 7) is 3.76. The van der Waals surface area contributed by atoms with Crippen molar-refractivity contribution in [3.8, 4) is 0 Å². The van der Waals surface area contributed by atoms with Crippen molar-refractivity contribution in [3.05, 3.63) is 11.1 Å². The Balaban J connectivity index is 1.96. The summed E-state index contributed by atoms with van der Waals surface area (Å²) in [5.74, 6) is 0.232. The zero-order valence-corrected chi connectivity index (χ0v) is 14.1. The van der Waals surface area contributed by atoms with Gasteiger partial charge in [-0.3, -0.25) is 4.79 Å². The van der Waals surface area contributed by atoms with E-state index >= 15 is 0 Å². The topological polar surface area (TPSA) is 67.3 Å². The summed E-state index contributed by atoms with van der Waals surface area (Å²) in [4.78, 5) is 18.3. The highest BCUT2D eigenvalue weighted by Gasteiger charge is 2.34. The van der Waals surface area contributed by atoms with Crippen LogP contribution in [0.4, 0.5) is 0 Å². The van der Waals surface area contributed by atoms with Crippen molar-refractivity contribution in [2.24, 2.45) is 0 Å². The maximum atomic E-state index is 12.3. The van der Waals surface area contributed by atoms with E-state index in [2.05, 4.69) is 4.98 Å². The minimum atomic E-state index is -2.97. The summed E-state index contributed by atoms with van der Waals surface area (Å²) in [6.07, 6.45) is 0.540. The molecule has 5 nitrogen and oxygen atoms in total. The lowest BCUT2D eigenvalue weighted by Gasteiger charge is -2.25. The van der Waals surface area contributed by atoms with Gasteiger partial charge in [0.25, 0.3) is 0 Å². The second-order valence-corrected chi connectivity index (χ2v) is 9.70. The number of sulfone groups is 1. The quantitative estimate of drug-likeness (QED) is 0.782.